The summed E-state index contributed by atoms with van der Waals surface area (Å²) in [5.41, 5.74) is 0.428. The van der Waals surface area contributed by atoms with Crippen LogP contribution >= 0.6 is 11.6 Å². The van der Waals surface area contributed by atoms with E-state index in [0.29, 0.717) is 48.0 Å². The SMILES string of the molecule is O=C(CCc1ccc(-c2ccccc2F)o1)N1CCN(c2ccc(Cl)cn2)CC1. The Morgan fingerprint density at radius 2 is 1.86 bits per heavy atom. The van der Waals surface area contributed by atoms with Crippen LogP contribution in [-0.2, 0) is 11.2 Å². The zero-order valence-electron chi connectivity index (χ0n) is 15.9. The summed E-state index contributed by atoms with van der Waals surface area (Å²) in [6.45, 7) is 2.78. The number of furan rings is 1. The Hall–Kier alpha value is -2.86. The van der Waals surface area contributed by atoms with Crippen LogP contribution in [0.15, 0.2) is 59.1 Å². The van der Waals surface area contributed by atoms with E-state index < -0.39 is 0 Å². The Bertz CT molecular complexity index is 982. The van der Waals surface area contributed by atoms with Crippen molar-refractivity contribution in [1.29, 1.82) is 0 Å². The average Bonchev–Trinajstić information content (AvgIpc) is 3.22. The molecule has 0 radical (unpaired) electrons. The Morgan fingerprint density at radius 1 is 1.07 bits per heavy atom. The molecule has 0 unspecified atom stereocenters. The zero-order valence-corrected chi connectivity index (χ0v) is 16.6. The van der Waals surface area contributed by atoms with Crippen molar-refractivity contribution in [3.63, 3.8) is 0 Å². The number of piperazine rings is 1. The van der Waals surface area contributed by atoms with E-state index in [1.54, 1.807) is 36.5 Å². The smallest absolute Gasteiger partial charge is 0.223 e. The van der Waals surface area contributed by atoms with Gasteiger partial charge in [-0.2, -0.15) is 0 Å². The molecule has 1 saturated heterocycles. The maximum Gasteiger partial charge on any atom is 0.223 e. The molecule has 2 aromatic heterocycles. The van der Waals surface area contributed by atoms with Gasteiger partial charge in [0.05, 0.1) is 10.6 Å². The van der Waals surface area contributed by atoms with Crippen LogP contribution in [0.4, 0.5) is 10.2 Å². The molecule has 1 aromatic carbocycles. The highest BCUT2D eigenvalue weighted by atomic mass is 35.5. The van der Waals surface area contributed by atoms with Crippen molar-refractivity contribution in [3.05, 3.63) is 71.3 Å². The number of hydrogen-bond acceptors (Lipinski definition) is 4. The molecular formula is C22H21ClFN3O2. The largest absolute Gasteiger partial charge is 0.461 e. The normalized spacial score (nSPS) is 14.3. The van der Waals surface area contributed by atoms with E-state index in [9.17, 15) is 9.18 Å². The molecule has 7 heteroatoms. The van der Waals surface area contributed by atoms with Gasteiger partial charge in [0.2, 0.25) is 5.91 Å². The first-order valence-electron chi connectivity index (χ1n) is 9.58. The standard InChI is InChI=1S/C22H21ClFN3O2/c23-16-5-9-21(25-15-16)26-11-13-27(14-12-26)22(28)10-7-17-6-8-20(29-17)18-3-1-2-4-19(18)24/h1-6,8-9,15H,7,10-14H2. The lowest BCUT2D eigenvalue weighted by Crippen LogP contribution is -2.49. The lowest BCUT2D eigenvalue weighted by Gasteiger charge is -2.35. The zero-order chi connectivity index (χ0) is 20.2. The number of nitrogens with zero attached hydrogens (tertiary/aromatic N) is 3. The summed E-state index contributed by atoms with van der Waals surface area (Å²) < 4.78 is 19.6. The van der Waals surface area contributed by atoms with Crippen molar-refractivity contribution in [2.24, 2.45) is 0 Å². The summed E-state index contributed by atoms with van der Waals surface area (Å²) >= 11 is 5.88. The minimum atomic E-state index is -0.322. The van der Waals surface area contributed by atoms with Crippen LogP contribution < -0.4 is 4.90 Å². The van der Waals surface area contributed by atoms with Crippen LogP contribution in [-0.4, -0.2) is 42.0 Å². The first-order chi connectivity index (χ1) is 14.1. The van der Waals surface area contributed by atoms with Gasteiger partial charge in [0, 0.05) is 45.2 Å². The molecule has 0 atom stereocenters. The van der Waals surface area contributed by atoms with Gasteiger partial charge in [-0.1, -0.05) is 23.7 Å². The lowest BCUT2D eigenvalue weighted by molar-refractivity contribution is -0.131. The first kappa shape index (κ1) is 19.5. The van der Waals surface area contributed by atoms with Gasteiger partial charge in [0.25, 0.3) is 0 Å². The van der Waals surface area contributed by atoms with Crippen LogP contribution in [0.3, 0.4) is 0 Å². The summed E-state index contributed by atoms with van der Waals surface area (Å²) in [7, 11) is 0. The number of anilines is 1. The maximum absolute atomic E-state index is 13.9. The number of aryl methyl sites for hydroxylation is 1. The van der Waals surface area contributed by atoms with Gasteiger partial charge in [-0.15, -0.1) is 0 Å². The average molecular weight is 414 g/mol. The molecule has 1 aliphatic heterocycles. The molecule has 1 aliphatic rings. The second-order valence-electron chi connectivity index (χ2n) is 6.95. The number of carbonyl (C=O) groups is 1. The highest BCUT2D eigenvalue weighted by molar-refractivity contribution is 6.30. The van der Waals surface area contributed by atoms with Crippen molar-refractivity contribution >= 4 is 23.3 Å². The van der Waals surface area contributed by atoms with Crippen LogP contribution in [0.1, 0.15) is 12.2 Å². The number of pyridine rings is 1. The minimum absolute atomic E-state index is 0.0950. The second kappa shape index (κ2) is 8.66. The minimum Gasteiger partial charge on any atom is -0.461 e. The highest BCUT2D eigenvalue weighted by Gasteiger charge is 2.22. The molecule has 0 saturated carbocycles. The fraction of sp³-hybridized carbons (Fsp3) is 0.273. The predicted octanol–water partition coefficient (Wildman–Crippen LogP) is 4.42. The molecule has 0 spiro atoms. The van der Waals surface area contributed by atoms with E-state index in [0.717, 1.165) is 18.9 Å². The summed E-state index contributed by atoms with van der Waals surface area (Å²) in [6.07, 6.45) is 2.49. The number of hydrogen-bond donors (Lipinski definition) is 0. The molecular weight excluding hydrogens is 393 g/mol. The molecule has 0 aliphatic carbocycles. The number of halogens is 2. The van der Waals surface area contributed by atoms with Crippen molar-refractivity contribution < 1.29 is 13.6 Å². The van der Waals surface area contributed by atoms with Crippen LogP contribution in [0.2, 0.25) is 5.02 Å². The first-order valence-corrected chi connectivity index (χ1v) is 9.96. The van der Waals surface area contributed by atoms with Gasteiger partial charge in [0.15, 0.2) is 0 Å². The van der Waals surface area contributed by atoms with Gasteiger partial charge >= 0.3 is 0 Å². The fourth-order valence-corrected chi connectivity index (χ4v) is 3.56. The van der Waals surface area contributed by atoms with Crippen LogP contribution in [0.25, 0.3) is 11.3 Å². The van der Waals surface area contributed by atoms with Gasteiger partial charge in [-0.3, -0.25) is 4.79 Å². The van der Waals surface area contributed by atoms with Gasteiger partial charge < -0.3 is 14.2 Å². The molecule has 0 N–H and O–H groups in total. The summed E-state index contributed by atoms with van der Waals surface area (Å²) in [5.74, 6) is 1.81. The van der Waals surface area contributed by atoms with Crippen LogP contribution in [0.5, 0.6) is 0 Å². The van der Waals surface area contributed by atoms with Gasteiger partial charge in [-0.25, -0.2) is 9.37 Å². The molecule has 3 heterocycles. The van der Waals surface area contributed by atoms with Gasteiger partial charge in [-0.05, 0) is 36.4 Å². The Balaban J connectivity index is 1.29. The maximum atomic E-state index is 13.9. The third-order valence-corrected chi connectivity index (χ3v) is 5.28. The van der Waals surface area contributed by atoms with Crippen LogP contribution in [0, 0.1) is 5.82 Å². The number of rotatable bonds is 5. The Labute approximate surface area is 173 Å². The van der Waals surface area contributed by atoms with Crippen molar-refractivity contribution in [2.45, 2.75) is 12.8 Å². The quantitative estimate of drug-likeness (QED) is 0.621. The Morgan fingerprint density at radius 3 is 2.59 bits per heavy atom. The number of carbonyl (C=O) groups excluding carboxylic acids is 1. The van der Waals surface area contributed by atoms with Gasteiger partial charge in [0.1, 0.15) is 23.2 Å². The molecule has 1 amide bonds. The molecule has 4 rings (SSSR count). The van der Waals surface area contributed by atoms with E-state index in [1.165, 1.54) is 6.07 Å². The molecule has 1 fully saturated rings. The molecule has 5 nitrogen and oxygen atoms in total. The molecule has 0 bridgehead atoms. The third-order valence-electron chi connectivity index (χ3n) is 5.05. The van der Waals surface area contributed by atoms with E-state index in [4.69, 9.17) is 16.0 Å². The number of aromatic nitrogens is 1. The second-order valence-corrected chi connectivity index (χ2v) is 7.38. The van der Waals surface area contributed by atoms with E-state index in [2.05, 4.69) is 9.88 Å². The topological polar surface area (TPSA) is 49.6 Å². The van der Waals surface area contributed by atoms with Crippen molar-refractivity contribution in [2.75, 3.05) is 31.1 Å². The van der Waals surface area contributed by atoms with Crippen molar-refractivity contribution in [1.82, 2.24) is 9.88 Å². The number of amides is 1. The fourth-order valence-electron chi connectivity index (χ4n) is 3.45. The number of benzene rings is 1. The summed E-state index contributed by atoms with van der Waals surface area (Å²) in [6, 6.07) is 13.8. The van der Waals surface area contributed by atoms with Crippen molar-refractivity contribution in [3.8, 4) is 11.3 Å². The monoisotopic (exact) mass is 413 g/mol. The highest BCUT2D eigenvalue weighted by Crippen LogP contribution is 2.25. The molecule has 150 valence electrons. The Kier molecular flexibility index (Phi) is 5.81. The third kappa shape index (κ3) is 4.59. The summed E-state index contributed by atoms with van der Waals surface area (Å²) in [5, 5.41) is 0.610. The lowest BCUT2D eigenvalue weighted by atomic mass is 10.1. The van der Waals surface area contributed by atoms with E-state index in [1.807, 2.05) is 17.0 Å². The summed E-state index contributed by atoms with van der Waals surface area (Å²) in [4.78, 5) is 20.9. The predicted molar refractivity (Wildman–Crippen MR) is 110 cm³/mol. The van der Waals surface area contributed by atoms with E-state index >= 15 is 0 Å². The molecule has 29 heavy (non-hydrogen) atoms. The van der Waals surface area contributed by atoms with E-state index in [-0.39, 0.29) is 11.7 Å². The molecule has 3 aromatic rings.